The van der Waals surface area contributed by atoms with Gasteiger partial charge in [-0.25, -0.2) is 0 Å². The Morgan fingerprint density at radius 3 is 1.44 bits per heavy atom. The molecular formula is C53H50ClN3O2. The Hall–Kier alpha value is -6.27. The van der Waals surface area contributed by atoms with Crippen LogP contribution in [0.2, 0.25) is 5.02 Å². The zero-order valence-electron chi connectivity index (χ0n) is 33.6. The highest BCUT2D eigenvalue weighted by Gasteiger charge is 2.39. The van der Waals surface area contributed by atoms with Crippen LogP contribution in [0.4, 0.5) is 0 Å². The topological polar surface area (TPSA) is 70.2 Å². The van der Waals surface area contributed by atoms with E-state index in [-0.39, 0.29) is 24.2 Å². The summed E-state index contributed by atoms with van der Waals surface area (Å²) in [6.07, 6.45) is 0.609. The number of nitrogens with one attached hydrogen (secondary N) is 3. The predicted octanol–water partition coefficient (Wildman–Crippen LogP) is 10.9. The van der Waals surface area contributed by atoms with E-state index in [0.717, 1.165) is 44.5 Å². The van der Waals surface area contributed by atoms with E-state index in [2.05, 4.69) is 102 Å². The van der Waals surface area contributed by atoms with E-state index in [1.54, 1.807) is 0 Å². The first-order chi connectivity index (χ1) is 28.8. The Bertz CT molecular complexity index is 2330. The minimum absolute atomic E-state index is 0.0885. The van der Waals surface area contributed by atoms with E-state index in [9.17, 15) is 9.59 Å². The van der Waals surface area contributed by atoms with Crippen molar-refractivity contribution in [1.82, 2.24) is 16.0 Å². The molecule has 2 amide bonds. The minimum Gasteiger partial charge on any atom is -0.352 e. The quantitative estimate of drug-likeness (QED) is 0.0853. The number of hydrogen-bond acceptors (Lipinski definition) is 3. The normalized spacial score (nSPS) is 12.9. The molecule has 0 aliphatic carbocycles. The van der Waals surface area contributed by atoms with Crippen molar-refractivity contribution < 1.29 is 9.59 Å². The molecule has 5 nitrogen and oxygen atoms in total. The third-order valence-electron chi connectivity index (χ3n) is 11.2. The molecule has 7 aromatic carbocycles. The van der Waals surface area contributed by atoms with Crippen molar-refractivity contribution in [1.29, 1.82) is 0 Å². The molecule has 0 bridgehead atoms. The fourth-order valence-electron chi connectivity index (χ4n) is 7.94. The SMILES string of the molecule is Cc1ccc(C(NCc2ccc(CNC(=O)[C@@H](C)CCC(=O)NC(c3ccccc3)(c3ccccc3)c3ccccc3)cc2)(c2ccccc2)c2ccccc2Cl)cc1. The zero-order chi connectivity index (χ0) is 41.1. The molecule has 0 spiro atoms. The maximum absolute atomic E-state index is 13.8. The van der Waals surface area contributed by atoms with Crippen LogP contribution in [0.15, 0.2) is 194 Å². The molecule has 6 heteroatoms. The smallest absolute Gasteiger partial charge is 0.223 e. The van der Waals surface area contributed by atoms with Gasteiger partial charge in [0.1, 0.15) is 5.54 Å². The van der Waals surface area contributed by atoms with Crippen molar-refractivity contribution in [3.05, 3.63) is 249 Å². The number of carbonyl (C=O) groups is 2. The Morgan fingerprint density at radius 1 is 0.525 bits per heavy atom. The van der Waals surface area contributed by atoms with Crippen LogP contribution < -0.4 is 16.0 Å². The van der Waals surface area contributed by atoms with Gasteiger partial charge in [-0.15, -0.1) is 0 Å². The molecule has 0 aliphatic heterocycles. The van der Waals surface area contributed by atoms with Crippen molar-refractivity contribution in [3.63, 3.8) is 0 Å². The van der Waals surface area contributed by atoms with Gasteiger partial charge in [-0.05, 0) is 63.9 Å². The molecule has 0 saturated heterocycles. The van der Waals surface area contributed by atoms with E-state index in [1.165, 1.54) is 5.56 Å². The maximum atomic E-state index is 13.8. The number of benzene rings is 7. The summed E-state index contributed by atoms with van der Waals surface area (Å²) in [7, 11) is 0. The van der Waals surface area contributed by atoms with E-state index < -0.39 is 11.1 Å². The lowest BCUT2D eigenvalue weighted by Gasteiger charge is -2.38. The molecule has 0 radical (unpaired) electrons. The average Bonchev–Trinajstić information content (AvgIpc) is 3.29. The Labute approximate surface area is 353 Å². The number of halogens is 1. The highest BCUT2D eigenvalue weighted by molar-refractivity contribution is 6.31. The van der Waals surface area contributed by atoms with Gasteiger partial charge in [0, 0.05) is 30.5 Å². The lowest BCUT2D eigenvalue weighted by molar-refractivity contribution is -0.125. The molecule has 2 atom stereocenters. The molecule has 3 N–H and O–H groups in total. The molecule has 0 aliphatic rings. The molecule has 0 fully saturated rings. The van der Waals surface area contributed by atoms with Crippen LogP contribution in [-0.4, -0.2) is 11.8 Å². The van der Waals surface area contributed by atoms with Gasteiger partial charge in [0.2, 0.25) is 11.8 Å². The molecule has 1 unspecified atom stereocenters. The number of amides is 2. The number of rotatable bonds is 16. The van der Waals surface area contributed by atoms with Crippen LogP contribution in [-0.2, 0) is 33.8 Å². The summed E-state index contributed by atoms with van der Waals surface area (Å²) in [5.41, 5.74) is 7.70. The van der Waals surface area contributed by atoms with Crippen LogP contribution >= 0.6 is 11.6 Å². The Morgan fingerprint density at radius 2 is 0.949 bits per heavy atom. The summed E-state index contributed by atoms with van der Waals surface area (Å²) in [5, 5.41) is 11.1. The van der Waals surface area contributed by atoms with Crippen molar-refractivity contribution in [2.24, 2.45) is 5.92 Å². The standard InChI is InChI=1S/C53H50ClN3O2/c1-39-27-34-47(35-28-39)53(46-23-13-6-14-24-46,48-25-15-16-26-49(48)54)56-38-42-32-30-41(31-33-42)37-55-51(59)40(2)29-36-50(58)57-52(43-17-7-3-8-18-43,44-19-9-4-10-20-44)45-21-11-5-12-22-45/h3-28,30-35,40,56H,29,36-38H2,1-2H3,(H,55,59)(H,57,58)/t40-,53?/m0/s1. The largest absolute Gasteiger partial charge is 0.352 e. The highest BCUT2D eigenvalue weighted by Crippen LogP contribution is 2.41. The summed E-state index contributed by atoms with van der Waals surface area (Å²) in [6.45, 7) is 4.93. The van der Waals surface area contributed by atoms with Crippen molar-refractivity contribution >= 4 is 23.4 Å². The number of hydrogen-bond donors (Lipinski definition) is 3. The molecule has 7 rings (SSSR count). The van der Waals surface area contributed by atoms with Crippen molar-refractivity contribution in [3.8, 4) is 0 Å². The lowest BCUT2D eigenvalue weighted by atomic mass is 9.76. The third-order valence-corrected chi connectivity index (χ3v) is 11.5. The summed E-state index contributed by atoms with van der Waals surface area (Å²) in [4.78, 5) is 27.2. The number of aryl methyl sites for hydroxylation is 1. The Balaban J connectivity index is 1.00. The summed E-state index contributed by atoms with van der Waals surface area (Å²) >= 11 is 6.96. The molecule has 7 aromatic rings. The van der Waals surface area contributed by atoms with E-state index >= 15 is 0 Å². The third kappa shape index (κ3) is 9.23. The fourth-order valence-corrected chi connectivity index (χ4v) is 8.22. The summed E-state index contributed by atoms with van der Waals surface area (Å²) in [5.74, 6) is -0.574. The van der Waals surface area contributed by atoms with Crippen LogP contribution in [0.3, 0.4) is 0 Å². The predicted molar refractivity (Wildman–Crippen MR) is 240 cm³/mol. The number of carbonyl (C=O) groups excluding carboxylic acids is 2. The molecule has 0 heterocycles. The van der Waals surface area contributed by atoms with Crippen molar-refractivity contribution in [2.45, 2.75) is 50.9 Å². The van der Waals surface area contributed by atoms with Gasteiger partial charge < -0.3 is 10.6 Å². The van der Waals surface area contributed by atoms with Crippen LogP contribution in [0.1, 0.15) is 69.8 Å². The van der Waals surface area contributed by atoms with Crippen LogP contribution in [0, 0.1) is 12.8 Å². The fraction of sp³-hybridized carbons (Fsp3) is 0.170. The highest BCUT2D eigenvalue weighted by atomic mass is 35.5. The maximum Gasteiger partial charge on any atom is 0.223 e. The van der Waals surface area contributed by atoms with Gasteiger partial charge in [-0.3, -0.25) is 14.9 Å². The van der Waals surface area contributed by atoms with Crippen LogP contribution in [0.25, 0.3) is 0 Å². The molecule has 296 valence electrons. The first-order valence-electron chi connectivity index (χ1n) is 20.3. The van der Waals surface area contributed by atoms with Gasteiger partial charge in [0.25, 0.3) is 0 Å². The summed E-state index contributed by atoms with van der Waals surface area (Å²) < 4.78 is 0. The molecule has 0 saturated carbocycles. The van der Waals surface area contributed by atoms with E-state index in [0.29, 0.717) is 24.5 Å². The van der Waals surface area contributed by atoms with Crippen LogP contribution in [0.5, 0.6) is 0 Å². The molecule has 59 heavy (non-hydrogen) atoms. The van der Waals surface area contributed by atoms with Crippen molar-refractivity contribution in [2.75, 3.05) is 0 Å². The van der Waals surface area contributed by atoms with Gasteiger partial charge in [-0.2, -0.15) is 0 Å². The van der Waals surface area contributed by atoms with Gasteiger partial charge in [0.05, 0.1) is 5.54 Å². The van der Waals surface area contributed by atoms with E-state index in [4.69, 9.17) is 11.6 Å². The minimum atomic E-state index is -0.896. The average molecular weight is 796 g/mol. The first kappa shape index (κ1) is 40.9. The molecule has 0 aromatic heterocycles. The first-order valence-corrected chi connectivity index (χ1v) is 20.6. The molecular weight excluding hydrogens is 746 g/mol. The van der Waals surface area contributed by atoms with Gasteiger partial charge in [0.15, 0.2) is 0 Å². The lowest BCUT2D eigenvalue weighted by Crippen LogP contribution is -2.48. The second kappa shape index (κ2) is 19.0. The zero-order valence-corrected chi connectivity index (χ0v) is 34.3. The van der Waals surface area contributed by atoms with Gasteiger partial charge in [-0.1, -0.05) is 212 Å². The van der Waals surface area contributed by atoms with Gasteiger partial charge >= 0.3 is 0 Å². The summed E-state index contributed by atoms with van der Waals surface area (Å²) in [6, 6.07) is 65.5. The Kier molecular flexibility index (Phi) is 13.2. The second-order valence-corrected chi connectivity index (χ2v) is 15.6. The second-order valence-electron chi connectivity index (χ2n) is 15.2. The van der Waals surface area contributed by atoms with E-state index in [1.807, 2.05) is 122 Å². The monoisotopic (exact) mass is 795 g/mol.